The Kier molecular flexibility index (Phi) is 6.09. The van der Waals surface area contributed by atoms with Gasteiger partial charge >= 0.3 is 0 Å². The Hall–Kier alpha value is -1.50. The lowest BCUT2D eigenvalue weighted by molar-refractivity contribution is 0.233. The summed E-state index contributed by atoms with van der Waals surface area (Å²) in [5, 5.41) is 0. The molecule has 0 heterocycles. The van der Waals surface area contributed by atoms with Crippen molar-refractivity contribution < 1.29 is 4.74 Å². The summed E-state index contributed by atoms with van der Waals surface area (Å²) < 4.78 is 5.56. The molecule has 1 heteroatoms. The molecule has 1 rings (SSSR count). The van der Waals surface area contributed by atoms with Gasteiger partial charge in [-0.3, -0.25) is 0 Å². The first-order chi connectivity index (χ1) is 7.86. The number of rotatable bonds is 6. The van der Waals surface area contributed by atoms with Crippen molar-refractivity contribution in [2.24, 2.45) is 0 Å². The molecule has 0 atom stereocenters. The Morgan fingerprint density at radius 2 is 1.94 bits per heavy atom. The molecule has 0 bridgehead atoms. The van der Waals surface area contributed by atoms with E-state index in [1.807, 2.05) is 24.5 Å². The van der Waals surface area contributed by atoms with Gasteiger partial charge in [0.15, 0.2) is 0 Å². The highest BCUT2D eigenvalue weighted by atomic mass is 16.5. The van der Waals surface area contributed by atoms with E-state index in [-0.39, 0.29) is 0 Å². The quantitative estimate of drug-likeness (QED) is 0.504. The first-order valence-electron chi connectivity index (χ1n) is 5.88. The lowest BCUT2D eigenvalue weighted by atomic mass is 10.2. The van der Waals surface area contributed by atoms with Crippen molar-refractivity contribution in [3.05, 3.63) is 59.9 Å². The first-order valence-corrected chi connectivity index (χ1v) is 5.88. The minimum Gasteiger partial charge on any atom is -0.496 e. The van der Waals surface area contributed by atoms with Crippen molar-refractivity contribution in [1.82, 2.24) is 0 Å². The van der Waals surface area contributed by atoms with Crippen LogP contribution < -0.4 is 0 Å². The molecule has 0 aliphatic carbocycles. The van der Waals surface area contributed by atoms with Crippen molar-refractivity contribution in [3.8, 4) is 0 Å². The third kappa shape index (κ3) is 4.83. The average molecular weight is 216 g/mol. The predicted octanol–water partition coefficient (Wildman–Crippen LogP) is 4.46. The van der Waals surface area contributed by atoms with E-state index in [0.717, 1.165) is 12.8 Å². The third-order valence-electron chi connectivity index (χ3n) is 2.30. The number of hydrogen-bond acceptors (Lipinski definition) is 1. The number of hydrogen-bond donors (Lipinski definition) is 0. The van der Waals surface area contributed by atoms with E-state index in [2.05, 4.69) is 38.1 Å². The van der Waals surface area contributed by atoms with Gasteiger partial charge in [0.05, 0.1) is 6.26 Å². The van der Waals surface area contributed by atoms with Crippen LogP contribution in [0.3, 0.4) is 0 Å². The van der Waals surface area contributed by atoms with Gasteiger partial charge in [0.2, 0.25) is 0 Å². The van der Waals surface area contributed by atoms with E-state index in [0.29, 0.717) is 6.61 Å². The Labute approximate surface area is 98.5 Å². The first kappa shape index (κ1) is 12.6. The van der Waals surface area contributed by atoms with Crippen LogP contribution in [0.1, 0.15) is 32.3 Å². The van der Waals surface area contributed by atoms with Crippen LogP contribution in [-0.2, 0) is 11.3 Å². The van der Waals surface area contributed by atoms with E-state index in [1.165, 1.54) is 11.1 Å². The van der Waals surface area contributed by atoms with Gasteiger partial charge in [0.1, 0.15) is 6.61 Å². The molecule has 0 N–H and O–H groups in total. The zero-order chi connectivity index (χ0) is 11.6. The van der Waals surface area contributed by atoms with Crippen LogP contribution in [0.25, 0.3) is 0 Å². The molecule has 1 nitrogen and oxygen atoms in total. The summed E-state index contributed by atoms with van der Waals surface area (Å²) in [6, 6.07) is 10.2. The summed E-state index contributed by atoms with van der Waals surface area (Å²) in [5.74, 6) is 0. The van der Waals surface area contributed by atoms with Gasteiger partial charge in [0, 0.05) is 0 Å². The number of ether oxygens (including phenoxy) is 1. The van der Waals surface area contributed by atoms with Gasteiger partial charge in [-0.2, -0.15) is 0 Å². The van der Waals surface area contributed by atoms with Crippen molar-refractivity contribution in [1.29, 1.82) is 0 Å². The summed E-state index contributed by atoms with van der Waals surface area (Å²) in [4.78, 5) is 0. The fourth-order valence-corrected chi connectivity index (χ4v) is 1.33. The molecular weight excluding hydrogens is 196 g/mol. The van der Waals surface area contributed by atoms with Gasteiger partial charge < -0.3 is 4.74 Å². The number of allylic oxidation sites excluding steroid dienone is 3. The fraction of sp³-hybridized carbons (Fsp3) is 0.333. The Morgan fingerprint density at radius 3 is 2.56 bits per heavy atom. The van der Waals surface area contributed by atoms with Crippen LogP contribution in [-0.4, -0.2) is 0 Å². The molecule has 1 aromatic rings. The summed E-state index contributed by atoms with van der Waals surface area (Å²) in [6.45, 7) is 4.91. The molecule has 0 unspecified atom stereocenters. The van der Waals surface area contributed by atoms with Gasteiger partial charge in [0.25, 0.3) is 0 Å². The standard InChI is InChI=1S/C15H20O/c1-3-5-9-14(4-2)12-16-13-15-10-7-6-8-11-15/h5-12H,3-4,13H2,1-2H3. The highest BCUT2D eigenvalue weighted by molar-refractivity contribution is 5.17. The SMILES string of the molecule is CCC=CC(=COCc1ccccc1)CC. The van der Waals surface area contributed by atoms with Gasteiger partial charge in [-0.05, 0) is 24.0 Å². The van der Waals surface area contributed by atoms with Crippen LogP contribution in [0.2, 0.25) is 0 Å². The summed E-state index contributed by atoms with van der Waals surface area (Å²) in [5.41, 5.74) is 2.44. The second kappa shape index (κ2) is 7.75. The maximum Gasteiger partial charge on any atom is 0.112 e. The van der Waals surface area contributed by atoms with Gasteiger partial charge in [-0.25, -0.2) is 0 Å². The van der Waals surface area contributed by atoms with Crippen LogP contribution in [0.5, 0.6) is 0 Å². The molecule has 86 valence electrons. The van der Waals surface area contributed by atoms with Crippen molar-refractivity contribution in [2.45, 2.75) is 33.3 Å². The third-order valence-corrected chi connectivity index (χ3v) is 2.30. The van der Waals surface area contributed by atoms with Crippen molar-refractivity contribution in [3.63, 3.8) is 0 Å². The lowest BCUT2D eigenvalue weighted by Gasteiger charge is -2.02. The number of benzene rings is 1. The highest BCUT2D eigenvalue weighted by Gasteiger charge is 1.91. The molecule has 0 spiro atoms. The highest BCUT2D eigenvalue weighted by Crippen LogP contribution is 2.06. The molecule has 16 heavy (non-hydrogen) atoms. The van der Waals surface area contributed by atoms with Gasteiger partial charge in [-0.1, -0.05) is 56.3 Å². The topological polar surface area (TPSA) is 9.23 Å². The minimum atomic E-state index is 0.643. The smallest absolute Gasteiger partial charge is 0.112 e. The molecule has 0 amide bonds. The Balaban J connectivity index is 2.43. The minimum absolute atomic E-state index is 0.643. The van der Waals surface area contributed by atoms with E-state index in [9.17, 15) is 0 Å². The molecule has 0 fully saturated rings. The molecular formula is C15H20O. The monoisotopic (exact) mass is 216 g/mol. The molecule has 0 aromatic heterocycles. The molecule has 0 aliphatic rings. The molecule has 0 saturated carbocycles. The van der Waals surface area contributed by atoms with Crippen LogP contribution in [0, 0.1) is 0 Å². The second-order valence-electron chi connectivity index (χ2n) is 3.65. The Bertz CT molecular complexity index is 336. The molecule has 0 radical (unpaired) electrons. The van der Waals surface area contributed by atoms with E-state index >= 15 is 0 Å². The summed E-state index contributed by atoms with van der Waals surface area (Å²) in [6.07, 6.45) is 8.21. The van der Waals surface area contributed by atoms with E-state index in [4.69, 9.17) is 4.74 Å². The van der Waals surface area contributed by atoms with E-state index in [1.54, 1.807) is 0 Å². The summed E-state index contributed by atoms with van der Waals surface area (Å²) >= 11 is 0. The summed E-state index contributed by atoms with van der Waals surface area (Å²) in [7, 11) is 0. The predicted molar refractivity (Wildman–Crippen MR) is 69.0 cm³/mol. The lowest BCUT2D eigenvalue weighted by Crippen LogP contribution is -1.87. The second-order valence-corrected chi connectivity index (χ2v) is 3.65. The van der Waals surface area contributed by atoms with Crippen LogP contribution >= 0.6 is 0 Å². The van der Waals surface area contributed by atoms with E-state index < -0.39 is 0 Å². The normalized spacial score (nSPS) is 12.0. The Morgan fingerprint density at radius 1 is 1.19 bits per heavy atom. The zero-order valence-corrected chi connectivity index (χ0v) is 10.1. The van der Waals surface area contributed by atoms with Crippen molar-refractivity contribution >= 4 is 0 Å². The van der Waals surface area contributed by atoms with Crippen molar-refractivity contribution in [2.75, 3.05) is 0 Å². The van der Waals surface area contributed by atoms with Gasteiger partial charge in [-0.15, -0.1) is 0 Å². The molecule has 0 saturated heterocycles. The maximum absolute atomic E-state index is 5.56. The molecule has 1 aromatic carbocycles. The van der Waals surface area contributed by atoms with Crippen LogP contribution in [0.4, 0.5) is 0 Å². The molecule has 0 aliphatic heterocycles. The average Bonchev–Trinajstić information content (AvgIpc) is 2.35. The fourth-order valence-electron chi connectivity index (χ4n) is 1.33. The largest absolute Gasteiger partial charge is 0.496 e. The van der Waals surface area contributed by atoms with Crippen LogP contribution in [0.15, 0.2) is 54.3 Å². The maximum atomic E-state index is 5.56. The zero-order valence-electron chi connectivity index (χ0n) is 10.1.